The van der Waals surface area contributed by atoms with E-state index in [2.05, 4.69) is 224 Å². The first kappa shape index (κ1) is 39.7. The second-order valence-corrected chi connectivity index (χ2v) is 16.9. The Morgan fingerprint density at radius 3 is 1.40 bits per heavy atom. The first-order chi connectivity index (χ1) is 33.2. The van der Waals surface area contributed by atoms with Gasteiger partial charge in [0.05, 0.1) is 11.4 Å². The van der Waals surface area contributed by atoms with Crippen LogP contribution in [0.4, 0.5) is 0 Å². The molecule has 0 saturated heterocycles. The maximum Gasteiger partial charge on any atom is 0.160 e. The molecule has 3 nitrogen and oxygen atoms in total. The molecule has 2 heterocycles. The van der Waals surface area contributed by atoms with E-state index >= 15 is 0 Å². The number of furan rings is 1. The quantitative estimate of drug-likeness (QED) is 0.145. The minimum atomic E-state index is 0.662. The van der Waals surface area contributed by atoms with Crippen LogP contribution in [0, 0.1) is 0 Å². The van der Waals surface area contributed by atoms with Crippen LogP contribution in [0.3, 0.4) is 0 Å². The topological polar surface area (TPSA) is 38.9 Å². The Morgan fingerprint density at radius 1 is 0.239 bits per heavy atom. The number of hydrogen-bond donors (Lipinski definition) is 0. The number of para-hydroxylation sites is 1. The summed E-state index contributed by atoms with van der Waals surface area (Å²) in [6.45, 7) is 0. The molecule has 0 aliphatic rings. The lowest BCUT2D eigenvalue weighted by atomic mass is 9.84. The fraction of sp³-hybridized carbons (Fsp3) is 0. The van der Waals surface area contributed by atoms with Gasteiger partial charge in [-0.15, -0.1) is 0 Å². The van der Waals surface area contributed by atoms with Gasteiger partial charge in [0, 0.05) is 27.5 Å². The fourth-order valence-corrected chi connectivity index (χ4v) is 9.42. The zero-order chi connectivity index (χ0) is 44.5. The highest BCUT2D eigenvalue weighted by Crippen LogP contribution is 2.45. The van der Waals surface area contributed by atoms with Gasteiger partial charge in [-0.25, -0.2) is 9.97 Å². The molecule has 2 aromatic heterocycles. The van der Waals surface area contributed by atoms with Crippen LogP contribution in [0.1, 0.15) is 0 Å². The maximum atomic E-state index is 6.46. The van der Waals surface area contributed by atoms with Crippen LogP contribution < -0.4 is 0 Å². The van der Waals surface area contributed by atoms with Gasteiger partial charge >= 0.3 is 0 Å². The van der Waals surface area contributed by atoms with Gasteiger partial charge in [0.2, 0.25) is 0 Å². The largest absolute Gasteiger partial charge is 0.456 e. The summed E-state index contributed by atoms with van der Waals surface area (Å²) in [7, 11) is 0. The standard InChI is InChI=1S/C64H42N2O/c1-6-19-43(20-7-1)52-38-55(46-23-10-3-11-24-46)63(48-25-12-4-13-26-48)56(39-52)51-30-18-29-50(37-51)44-33-35-47(36-34-44)59-42-60(66-64(65-59)49-27-14-5-15-28-49)57-41-62-58(53-31-16-17-32-61(53)67-62)40-54(57)45-21-8-2-9-22-45/h1-42H. The van der Waals surface area contributed by atoms with Gasteiger partial charge in [0.15, 0.2) is 5.82 Å². The Labute approximate surface area is 390 Å². The van der Waals surface area contributed by atoms with E-state index in [1.54, 1.807) is 0 Å². The lowest BCUT2D eigenvalue weighted by Crippen LogP contribution is -1.97. The van der Waals surface area contributed by atoms with Crippen molar-refractivity contribution in [3.63, 3.8) is 0 Å². The van der Waals surface area contributed by atoms with Gasteiger partial charge in [0.25, 0.3) is 0 Å². The Balaban J connectivity index is 0.980. The van der Waals surface area contributed by atoms with E-state index in [1.807, 2.05) is 30.3 Å². The van der Waals surface area contributed by atoms with E-state index in [-0.39, 0.29) is 0 Å². The van der Waals surface area contributed by atoms with Gasteiger partial charge in [-0.3, -0.25) is 0 Å². The summed E-state index contributed by atoms with van der Waals surface area (Å²) in [5.74, 6) is 0.662. The second-order valence-electron chi connectivity index (χ2n) is 16.9. The SMILES string of the molecule is c1ccc(-c2cc(-c3ccccc3)c(-c3ccccc3)c(-c3cccc(-c4ccc(-c5cc(-c6cc7oc8ccccc8c7cc6-c6ccccc6)nc(-c6ccccc6)n5)cc4)c3)c2)cc1. The third-order valence-electron chi connectivity index (χ3n) is 12.7. The molecule has 0 unspecified atom stereocenters. The molecule has 12 aromatic rings. The van der Waals surface area contributed by atoms with Gasteiger partial charge < -0.3 is 4.42 Å². The van der Waals surface area contributed by atoms with Gasteiger partial charge in [-0.05, 0) is 109 Å². The molecule has 0 saturated carbocycles. The molecule has 12 rings (SSSR count). The molecular formula is C64H42N2O. The van der Waals surface area contributed by atoms with Gasteiger partial charge in [-0.2, -0.15) is 0 Å². The van der Waals surface area contributed by atoms with E-state index < -0.39 is 0 Å². The van der Waals surface area contributed by atoms with Crippen molar-refractivity contribution in [2.24, 2.45) is 0 Å². The summed E-state index contributed by atoms with van der Waals surface area (Å²) in [6.07, 6.45) is 0. The molecule has 0 radical (unpaired) electrons. The molecular weight excluding hydrogens is 813 g/mol. The zero-order valence-corrected chi connectivity index (χ0v) is 36.6. The molecule has 0 amide bonds. The van der Waals surface area contributed by atoms with Crippen LogP contribution in [-0.2, 0) is 0 Å². The monoisotopic (exact) mass is 854 g/mol. The number of nitrogens with zero attached hydrogens (tertiary/aromatic N) is 2. The first-order valence-corrected chi connectivity index (χ1v) is 22.7. The third kappa shape index (κ3) is 7.69. The van der Waals surface area contributed by atoms with Crippen LogP contribution >= 0.6 is 0 Å². The van der Waals surface area contributed by atoms with Crippen LogP contribution in [-0.4, -0.2) is 9.97 Å². The summed E-state index contributed by atoms with van der Waals surface area (Å²) >= 11 is 0. The van der Waals surface area contributed by atoms with Gasteiger partial charge in [0.1, 0.15) is 11.2 Å². The summed E-state index contributed by atoms with van der Waals surface area (Å²) in [6, 6.07) is 90.2. The summed E-state index contributed by atoms with van der Waals surface area (Å²) < 4.78 is 6.46. The Kier molecular flexibility index (Phi) is 10.2. The van der Waals surface area contributed by atoms with E-state index in [4.69, 9.17) is 14.4 Å². The maximum absolute atomic E-state index is 6.46. The number of fused-ring (bicyclic) bond motifs is 3. The van der Waals surface area contributed by atoms with Crippen molar-refractivity contribution in [2.45, 2.75) is 0 Å². The summed E-state index contributed by atoms with van der Waals surface area (Å²) in [5.41, 5.74) is 20.2. The van der Waals surface area contributed by atoms with E-state index in [0.29, 0.717) is 5.82 Å². The predicted octanol–water partition coefficient (Wildman–Crippen LogP) is 17.4. The molecule has 314 valence electrons. The molecule has 0 N–H and O–H groups in total. The Hall–Kier alpha value is -8.92. The minimum Gasteiger partial charge on any atom is -0.456 e. The van der Waals surface area contributed by atoms with E-state index in [0.717, 1.165) is 77.8 Å². The smallest absolute Gasteiger partial charge is 0.160 e. The first-order valence-electron chi connectivity index (χ1n) is 22.7. The number of benzene rings is 10. The molecule has 0 aliphatic carbocycles. The predicted molar refractivity (Wildman–Crippen MR) is 278 cm³/mol. The number of hydrogen-bond acceptors (Lipinski definition) is 3. The molecule has 0 aliphatic heterocycles. The molecule has 0 spiro atoms. The minimum absolute atomic E-state index is 0.662. The molecule has 67 heavy (non-hydrogen) atoms. The van der Waals surface area contributed by atoms with Crippen molar-refractivity contribution < 1.29 is 4.42 Å². The zero-order valence-electron chi connectivity index (χ0n) is 36.6. The highest BCUT2D eigenvalue weighted by Gasteiger charge is 2.20. The van der Waals surface area contributed by atoms with Gasteiger partial charge in [-0.1, -0.05) is 212 Å². The lowest BCUT2D eigenvalue weighted by Gasteiger charge is -2.19. The van der Waals surface area contributed by atoms with Crippen LogP contribution in [0.25, 0.3) is 123 Å². The number of aromatic nitrogens is 2. The van der Waals surface area contributed by atoms with E-state index in [9.17, 15) is 0 Å². The third-order valence-corrected chi connectivity index (χ3v) is 12.7. The van der Waals surface area contributed by atoms with Crippen molar-refractivity contribution in [3.05, 3.63) is 255 Å². The van der Waals surface area contributed by atoms with Crippen molar-refractivity contribution in [1.29, 1.82) is 0 Å². The van der Waals surface area contributed by atoms with Crippen molar-refractivity contribution in [3.8, 4) is 101 Å². The van der Waals surface area contributed by atoms with E-state index in [1.165, 1.54) is 38.9 Å². The lowest BCUT2D eigenvalue weighted by molar-refractivity contribution is 0.669. The molecule has 10 aromatic carbocycles. The number of rotatable bonds is 9. The molecule has 3 heteroatoms. The van der Waals surface area contributed by atoms with Crippen molar-refractivity contribution in [2.75, 3.05) is 0 Å². The van der Waals surface area contributed by atoms with Crippen LogP contribution in [0.5, 0.6) is 0 Å². The normalized spacial score (nSPS) is 11.3. The summed E-state index contributed by atoms with van der Waals surface area (Å²) in [5, 5.41) is 2.17. The Morgan fingerprint density at radius 2 is 0.731 bits per heavy atom. The highest BCUT2D eigenvalue weighted by atomic mass is 16.3. The average molecular weight is 855 g/mol. The highest BCUT2D eigenvalue weighted by molar-refractivity contribution is 6.09. The second kappa shape index (κ2) is 17.2. The Bertz CT molecular complexity index is 3700. The molecule has 0 atom stereocenters. The molecule has 0 bridgehead atoms. The van der Waals surface area contributed by atoms with Crippen molar-refractivity contribution in [1.82, 2.24) is 9.97 Å². The van der Waals surface area contributed by atoms with Crippen LogP contribution in [0.15, 0.2) is 259 Å². The van der Waals surface area contributed by atoms with Crippen LogP contribution in [0.2, 0.25) is 0 Å². The fourth-order valence-electron chi connectivity index (χ4n) is 9.42. The average Bonchev–Trinajstić information content (AvgIpc) is 3.79. The molecule has 0 fully saturated rings. The van der Waals surface area contributed by atoms with Crippen molar-refractivity contribution >= 4 is 21.9 Å². The summed E-state index contributed by atoms with van der Waals surface area (Å²) in [4.78, 5) is 10.5.